The Bertz CT molecular complexity index is 1010. The lowest BCUT2D eigenvalue weighted by Gasteiger charge is -2.37. The smallest absolute Gasteiger partial charge is 0.294 e. The number of aromatic nitrogens is 2. The summed E-state index contributed by atoms with van der Waals surface area (Å²) in [6.07, 6.45) is 7.94. The molecular formula is C21H23N5O4. The molecule has 3 aromatic rings. The first kappa shape index (κ1) is 19.8. The van der Waals surface area contributed by atoms with Gasteiger partial charge in [0.1, 0.15) is 11.4 Å². The minimum atomic E-state index is -0.474. The molecule has 156 valence electrons. The second-order valence-corrected chi connectivity index (χ2v) is 7.48. The Morgan fingerprint density at radius 1 is 1.33 bits per heavy atom. The number of rotatable bonds is 6. The van der Waals surface area contributed by atoms with E-state index >= 15 is 0 Å². The van der Waals surface area contributed by atoms with Gasteiger partial charge in [0, 0.05) is 30.1 Å². The van der Waals surface area contributed by atoms with Crippen LogP contribution in [0.1, 0.15) is 29.0 Å². The van der Waals surface area contributed by atoms with Crippen LogP contribution in [-0.4, -0.2) is 56.4 Å². The van der Waals surface area contributed by atoms with E-state index < -0.39 is 4.92 Å². The van der Waals surface area contributed by atoms with Crippen LogP contribution in [0.2, 0.25) is 0 Å². The fourth-order valence-corrected chi connectivity index (χ4v) is 3.83. The van der Waals surface area contributed by atoms with Gasteiger partial charge in [-0.25, -0.2) is 4.98 Å². The summed E-state index contributed by atoms with van der Waals surface area (Å²) in [5.74, 6) is 0.452. The van der Waals surface area contributed by atoms with Gasteiger partial charge in [-0.2, -0.15) is 0 Å². The highest BCUT2D eigenvalue weighted by Gasteiger charge is 2.30. The van der Waals surface area contributed by atoms with Crippen molar-refractivity contribution in [3.8, 4) is 5.69 Å². The number of nitrogens with zero attached hydrogens (tertiary/aromatic N) is 5. The molecule has 3 heterocycles. The van der Waals surface area contributed by atoms with E-state index in [2.05, 4.69) is 16.9 Å². The Kier molecular flexibility index (Phi) is 5.62. The Morgan fingerprint density at radius 2 is 2.13 bits per heavy atom. The van der Waals surface area contributed by atoms with Crippen molar-refractivity contribution in [3.63, 3.8) is 0 Å². The molecule has 1 aliphatic heterocycles. The van der Waals surface area contributed by atoms with E-state index in [-0.39, 0.29) is 23.2 Å². The Balaban J connectivity index is 1.66. The number of benzene rings is 1. The second-order valence-electron chi connectivity index (χ2n) is 7.48. The van der Waals surface area contributed by atoms with Gasteiger partial charge in [0.15, 0.2) is 0 Å². The number of nitro benzene ring substituents is 1. The van der Waals surface area contributed by atoms with Crippen LogP contribution < -0.4 is 0 Å². The molecule has 1 saturated heterocycles. The van der Waals surface area contributed by atoms with Gasteiger partial charge < -0.3 is 18.8 Å². The maximum absolute atomic E-state index is 13.5. The summed E-state index contributed by atoms with van der Waals surface area (Å²) in [4.78, 5) is 32.6. The van der Waals surface area contributed by atoms with Crippen LogP contribution in [0.5, 0.6) is 0 Å². The van der Waals surface area contributed by atoms with Crippen LogP contribution in [0, 0.1) is 10.1 Å². The van der Waals surface area contributed by atoms with Crippen LogP contribution >= 0.6 is 0 Å². The van der Waals surface area contributed by atoms with Crippen molar-refractivity contribution in [1.82, 2.24) is 19.4 Å². The van der Waals surface area contributed by atoms with Crippen LogP contribution in [0.15, 0.2) is 59.7 Å². The third-order valence-electron chi connectivity index (χ3n) is 5.50. The van der Waals surface area contributed by atoms with Gasteiger partial charge >= 0.3 is 0 Å². The average Bonchev–Trinajstić information content (AvgIpc) is 3.46. The Hall–Kier alpha value is -3.46. The van der Waals surface area contributed by atoms with E-state index in [9.17, 15) is 14.9 Å². The van der Waals surface area contributed by atoms with E-state index in [1.807, 2.05) is 6.07 Å². The number of likely N-dealkylation sites (tertiary alicyclic amines) is 1. The molecule has 9 nitrogen and oxygen atoms in total. The second kappa shape index (κ2) is 8.50. The molecule has 0 spiro atoms. The normalized spacial score (nSPS) is 15.2. The van der Waals surface area contributed by atoms with Crippen molar-refractivity contribution in [3.05, 3.63) is 76.8 Å². The highest BCUT2D eigenvalue weighted by atomic mass is 16.6. The van der Waals surface area contributed by atoms with Gasteiger partial charge in [0.05, 0.1) is 24.1 Å². The van der Waals surface area contributed by atoms with Crippen molar-refractivity contribution >= 4 is 11.6 Å². The molecule has 0 unspecified atom stereocenters. The highest BCUT2D eigenvalue weighted by molar-refractivity contribution is 5.95. The van der Waals surface area contributed by atoms with Crippen molar-refractivity contribution in [2.24, 2.45) is 0 Å². The van der Waals surface area contributed by atoms with Crippen LogP contribution in [0.3, 0.4) is 0 Å². The summed E-state index contributed by atoms with van der Waals surface area (Å²) in [5.41, 5.74) is 0.516. The number of carbonyl (C=O) groups is 1. The molecule has 0 N–H and O–H groups in total. The first-order chi connectivity index (χ1) is 14.5. The van der Waals surface area contributed by atoms with E-state index in [0.717, 1.165) is 25.9 Å². The van der Waals surface area contributed by atoms with Crippen molar-refractivity contribution < 1.29 is 14.1 Å². The van der Waals surface area contributed by atoms with Gasteiger partial charge in [-0.3, -0.25) is 14.9 Å². The fourth-order valence-electron chi connectivity index (χ4n) is 3.83. The number of carbonyl (C=O) groups excluding carboxylic acids is 1. The highest BCUT2D eigenvalue weighted by Crippen LogP contribution is 2.27. The molecule has 1 aliphatic rings. The predicted molar refractivity (Wildman–Crippen MR) is 109 cm³/mol. The molecule has 0 saturated carbocycles. The van der Waals surface area contributed by atoms with Crippen molar-refractivity contribution in [2.45, 2.75) is 25.4 Å². The predicted octanol–water partition coefficient (Wildman–Crippen LogP) is 3.11. The quantitative estimate of drug-likeness (QED) is 0.458. The van der Waals surface area contributed by atoms with Gasteiger partial charge in [-0.05, 0) is 57.2 Å². The number of hydrogen-bond acceptors (Lipinski definition) is 6. The lowest BCUT2D eigenvalue weighted by Crippen LogP contribution is -2.46. The number of nitro groups is 1. The lowest BCUT2D eigenvalue weighted by molar-refractivity contribution is -0.384. The summed E-state index contributed by atoms with van der Waals surface area (Å²) >= 11 is 0. The third-order valence-corrected chi connectivity index (χ3v) is 5.50. The number of amides is 1. The summed E-state index contributed by atoms with van der Waals surface area (Å²) < 4.78 is 7.03. The maximum atomic E-state index is 13.5. The largest absolute Gasteiger partial charge is 0.467 e. The molecule has 1 amide bonds. The monoisotopic (exact) mass is 409 g/mol. The number of imidazole rings is 1. The number of hydrogen-bond donors (Lipinski definition) is 0. The molecule has 0 aliphatic carbocycles. The summed E-state index contributed by atoms with van der Waals surface area (Å²) in [6.45, 7) is 2.12. The zero-order valence-corrected chi connectivity index (χ0v) is 16.7. The van der Waals surface area contributed by atoms with E-state index in [4.69, 9.17) is 4.42 Å². The molecule has 1 aromatic carbocycles. The number of piperidine rings is 1. The average molecular weight is 409 g/mol. The van der Waals surface area contributed by atoms with Gasteiger partial charge in [-0.1, -0.05) is 0 Å². The fraction of sp³-hybridized carbons (Fsp3) is 0.333. The molecular weight excluding hydrogens is 386 g/mol. The minimum Gasteiger partial charge on any atom is -0.467 e. The third kappa shape index (κ3) is 4.11. The minimum absolute atomic E-state index is 0.0474. The van der Waals surface area contributed by atoms with Gasteiger partial charge in [0.2, 0.25) is 0 Å². The maximum Gasteiger partial charge on any atom is 0.294 e. The molecule has 0 bridgehead atoms. The standard InChI is InChI=1S/C21H23N5O4/c1-23-9-6-17(7-10-23)25(14-18-3-2-12-30-18)21(27)16-4-5-19(20(13-16)26(28)29)24-11-8-22-15-24/h2-5,8,11-13,15,17H,6-7,9-10,14H2,1H3. The van der Waals surface area contributed by atoms with Crippen LogP contribution in [0.4, 0.5) is 5.69 Å². The SMILES string of the molecule is CN1CCC(N(Cc2ccco2)C(=O)c2ccc(-n3ccnc3)c([N+](=O)[O-])c2)CC1. The zero-order chi connectivity index (χ0) is 21.1. The first-order valence-electron chi connectivity index (χ1n) is 9.81. The van der Waals surface area contributed by atoms with Crippen LogP contribution in [-0.2, 0) is 6.54 Å². The molecule has 30 heavy (non-hydrogen) atoms. The summed E-state index contributed by atoms with van der Waals surface area (Å²) in [7, 11) is 2.06. The Labute approximate surface area is 173 Å². The van der Waals surface area contributed by atoms with E-state index in [1.165, 1.54) is 12.4 Å². The number of furan rings is 1. The van der Waals surface area contributed by atoms with Crippen molar-refractivity contribution in [2.75, 3.05) is 20.1 Å². The van der Waals surface area contributed by atoms with Crippen molar-refractivity contribution in [1.29, 1.82) is 0 Å². The van der Waals surface area contributed by atoms with Crippen LogP contribution in [0.25, 0.3) is 5.69 Å². The summed E-state index contributed by atoms with van der Waals surface area (Å²) in [6, 6.07) is 8.24. The molecule has 4 rings (SSSR count). The lowest BCUT2D eigenvalue weighted by atomic mass is 10.0. The van der Waals surface area contributed by atoms with Gasteiger partial charge in [-0.15, -0.1) is 0 Å². The molecule has 9 heteroatoms. The molecule has 2 aromatic heterocycles. The molecule has 1 fully saturated rings. The zero-order valence-electron chi connectivity index (χ0n) is 16.7. The van der Waals surface area contributed by atoms with E-state index in [0.29, 0.717) is 18.0 Å². The topological polar surface area (TPSA) is 97.7 Å². The molecule has 0 atom stereocenters. The molecule has 0 radical (unpaired) electrons. The first-order valence-corrected chi connectivity index (χ1v) is 9.81. The summed E-state index contributed by atoms with van der Waals surface area (Å²) in [5, 5.41) is 11.7. The van der Waals surface area contributed by atoms with E-state index in [1.54, 1.807) is 46.3 Å². The Morgan fingerprint density at radius 3 is 2.77 bits per heavy atom. The van der Waals surface area contributed by atoms with Gasteiger partial charge in [0.25, 0.3) is 11.6 Å².